The molecule has 1 saturated carbocycles. The van der Waals surface area contributed by atoms with Crippen molar-refractivity contribution < 1.29 is 4.74 Å². The Labute approximate surface area is 122 Å². The van der Waals surface area contributed by atoms with Gasteiger partial charge in [-0.15, -0.1) is 0 Å². The minimum atomic E-state index is 0.552. The molecule has 3 nitrogen and oxygen atoms in total. The first-order valence-corrected chi connectivity index (χ1v) is 7.83. The summed E-state index contributed by atoms with van der Waals surface area (Å²) < 4.78 is 5.33. The molecular weight excluding hydrogens is 248 g/mol. The minimum Gasteiger partial charge on any atom is -0.399 e. The van der Waals surface area contributed by atoms with Crippen molar-refractivity contribution in [2.24, 2.45) is 5.92 Å². The van der Waals surface area contributed by atoms with Crippen LogP contribution >= 0.6 is 0 Å². The van der Waals surface area contributed by atoms with Crippen LogP contribution in [0.25, 0.3) is 0 Å². The highest BCUT2D eigenvalue weighted by Gasteiger charge is 2.37. The fourth-order valence-electron chi connectivity index (χ4n) is 3.65. The molecule has 1 fully saturated rings. The SMILES string of the molecule is COCCN(C1CCc2cc(N)ccc21)C(C)C1CC1. The number of benzene rings is 1. The topological polar surface area (TPSA) is 38.5 Å². The van der Waals surface area contributed by atoms with Gasteiger partial charge in [-0.25, -0.2) is 0 Å². The zero-order valence-corrected chi connectivity index (χ0v) is 12.6. The lowest BCUT2D eigenvalue weighted by Crippen LogP contribution is -2.39. The van der Waals surface area contributed by atoms with Gasteiger partial charge in [-0.3, -0.25) is 4.90 Å². The quantitative estimate of drug-likeness (QED) is 0.810. The van der Waals surface area contributed by atoms with Crippen LogP contribution in [0.3, 0.4) is 0 Å². The van der Waals surface area contributed by atoms with Gasteiger partial charge in [-0.1, -0.05) is 6.07 Å². The van der Waals surface area contributed by atoms with E-state index in [0.29, 0.717) is 12.1 Å². The molecule has 2 aliphatic rings. The van der Waals surface area contributed by atoms with Crippen molar-refractivity contribution in [2.75, 3.05) is 26.0 Å². The lowest BCUT2D eigenvalue weighted by atomic mass is 10.0. The van der Waals surface area contributed by atoms with Crippen molar-refractivity contribution >= 4 is 5.69 Å². The molecule has 1 aromatic carbocycles. The number of nitrogens with two attached hydrogens (primary N) is 1. The van der Waals surface area contributed by atoms with Gasteiger partial charge in [0, 0.05) is 31.4 Å². The summed E-state index contributed by atoms with van der Waals surface area (Å²) in [4.78, 5) is 2.67. The van der Waals surface area contributed by atoms with Gasteiger partial charge in [-0.05, 0) is 61.8 Å². The number of hydrogen-bond donors (Lipinski definition) is 1. The number of fused-ring (bicyclic) bond motifs is 1. The number of methoxy groups -OCH3 is 1. The first-order chi connectivity index (χ1) is 9.70. The number of ether oxygens (including phenoxy) is 1. The molecule has 0 bridgehead atoms. The Morgan fingerprint density at radius 2 is 2.15 bits per heavy atom. The van der Waals surface area contributed by atoms with Gasteiger partial charge in [-0.2, -0.15) is 0 Å². The molecule has 3 rings (SSSR count). The van der Waals surface area contributed by atoms with E-state index in [9.17, 15) is 0 Å². The van der Waals surface area contributed by atoms with Gasteiger partial charge in [0.15, 0.2) is 0 Å². The Morgan fingerprint density at radius 3 is 2.85 bits per heavy atom. The Balaban J connectivity index is 1.81. The molecule has 110 valence electrons. The summed E-state index contributed by atoms with van der Waals surface area (Å²) in [5.41, 5.74) is 9.74. The number of hydrogen-bond acceptors (Lipinski definition) is 3. The third kappa shape index (κ3) is 2.70. The van der Waals surface area contributed by atoms with Crippen LogP contribution in [0.5, 0.6) is 0 Å². The average Bonchev–Trinajstić information content (AvgIpc) is 3.21. The standard InChI is InChI=1S/C17H26N2O/c1-12(13-3-4-13)19(9-10-20-2)17-8-5-14-11-15(18)6-7-16(14)17/h6-7,11-13,17H,3-5,8-10,18H2,1-2H3. The second kappa shape index (κ2) is 5.74. The average molecular weight is 274 g/mol. The van der Waals surface area contributed by atoms with E-state index in [1.807, 2.05) is 6.07 Å². The molecule has 0 aromatic heterocycles. The highest BCUT2D eigenvalue weighted by Crippen LogP contribution is 2.42. The van der Waals surface area contributed by atoms with Crippen LogP contribution in [0, 0.1) is 5.92 Å². The largest absolute Gasteiger partial charge is 0.399 e. The van der Waals surface area contributed by atoms with E-state index in [1.165, 1.54) is 30.4 Å². The van der Waals surface area contributed by atoms with Crippen molar-refractivity contribution in [3.8, 4) is 0 Å². The van der Waals surface area contributed by atoms with Gasteiger partial charge >= 0.3 is 0 Å². The van der Waals surface area contributed by atoms with Crippen LogP contribution < -0.4 is 5.73 Å². The molecule has 3 heteroatoms. The maximum Gasteiger partial charge on any atom is 0.0590 e. The van der Waals surface area contributed by atoms with E-state index >= 15 is 0 Å². The summed E-state index contributed by atoms with van der Waals surface area (Å²) in [6.07, 6.45) is 5.17. The van der Waals surface area contributed by atoms with Crippen LogP contribution in [0.1, 0.15) is 43.4 Å². The second-order valence-corrected chi connectivity index (χ2v) is 6.32. The third-order valence-electron chi connectivity index (χ3n) is 4.99. The van der Waals surface area contributed by atoms with Crippen LogP contribution in [-0.4, -0.2) is 31.2 Å². The van der Waals surface area contributed by atoms with E-state index < -0.39 is 0 Å². The zero-order valence-electron chi connectivity index (χ0n) is 12.6. The molecule has 1 aromatic rings. The number of rotatable bonds is 6. The molecule has 0 spiro atoms. The predicted molar refractivity (Wildman–Crippen MR) is 82.7 cm³/mol. The summed E-state index contributed by atoms with van der Waals surface area (Å²) in [5.74, 6) is 0.893. The van der Waals surface area contributed by atoms with Gasteiger partial charge < -0.3 is 10.5 Å². The number of anilines is 1. The third-order valence-corrected chi connectivity index (χ3v) is 4.99. The summed E-state index contributed by atoms with van der Waals surface area (Å²) in [6.45, 7) is 4.24. The molecule has 2 aliphatic carbocycles. The van der Waals surface area contributed by atoms with Crippen molar-refractivity contribution in [1.82, 2.24) is 4.90 Å². The zero-order chi connectivity index (χ0) is 14.1. The molecule has 0 radical (unpaired) electrons. The number of nitrogen functional groups attached to an aromatic ring is 1. The Kier molecular flexibility index (Phi) is 3.99. The molecule has 2 unspecified atom stereocenters. The van der Waals surface area contributed by atoms with Crippen LogP contribution in [0.2, 0.25) is 0 Å². The lowest BCUT2D eigenvalue weighted by molar-refractivity contribution is 0.0810. The monoisotopic (exact) mass is 274 g/mol. The molecule has 2 atom stereocenters. The van der Waals surface area contributed by atoms with Gasteiger partial charge in [0.1, 0.15) is 0 Å². The van der Waals surface area contributed by atoms with Crippen molar-refractivity contribution in [3.63, 3.8) is 0 Å². The number of aryl methyl sites for hydroxylation is 1. The van der Waals surface area contributed by atoms with Crippen molar-refractivity contribution in [2.45, 2.75) is 44.7 Å². The minimum absolute atomic E-state index is 0.552. The van der Waals surface area contributed by atoms with E-state index in [0.717, 1.165) is 31.2 Å². The lowest BCUT2D eigenvalue weighted by Gasteiger charge is -2.35. The molecule has 20 heavy (non-hydrogen) atoms. The normalized spacial score (nSPS) is 23.1. The molecule has 0 amide bonds. The summed E-state index contributed by atoms with van der Waals surface area (Å²) >= 11 is 0. The van der Waals surface area contributed by atoms with Crippen molar-refractivity contribution in [1.29, 1.82) is 0 Å². The predicted octanol–water partition coefficient (Wildman–Crippen LogP) is 3.00. The van der Waals surface area contributed by atoms with Gasteiger partial charge in [0.25, 0.3) is 0 Å². The Bertz CT molecular complexity index is 470. The summed E-state index contributed by atoms with van der Waals surface area (Å²) in [6, 6.07) is 7.66. The van der Waals surface area contributed by atoms with Crippen molar-refractivity contribution in [3.05, 3.63) is 29.3 Å². The maximum atomic E-state index is 5.92. The highest BCUT2D eigenvalue weighted by molar-refractivity contribution is 5.47. The van der Waals surface area contributed by atoms with Crippen LogP contribution in [0.15, 0.2) is 18.2 Å². The van der Waals surface area contributed by atoms with Crippen LogP contribution in [0.4, 0.5) is 5.69 Å². The molecule has 0 aliphatic heterocycles. The maximum absolute atomic E-state index is 5.92. The first kappa shape index (κ1) is 13.9. The number of nitrogens with zero attached hydrogens (tertiary/aromatic N) is 1. The molecular formula is C17H26N2O. The summed E-state index contributed by atoms with van der Waals surface area (Å²) in [7, 11) is 1.79. The first-order valence-electron chi connectivity index (χ1n) is 7.83. The molecule has 2 N–H and O–H groups in total. The second-order valence-electron chi connectivity index (χ2n) is 6.32. The smallest absolute Gasteiger partial charge is 0.0590 e. The van der Waals surface area contributed by atoms with E-state index in [1.54, 1.807) is 7.11 Å². The van der Waals surface area contributed by atoms with Crippen LogP contribution in [-0.2, 0) is 11.2 Å². The highest BCUT2D eigenvalue weighted by atomic mass is 16.5. The van der Waals surface area contributed by atoms with Gasteiger partial charge in [0.2, 0.25) is 0 Å². The van der Waals surface area contributed by atoms with E-state index in [2.05, 4.69) is 24.0 Å². The fraction of sp³-hybridized carbons (Fsp3) is 0.647. The van der Waals surface area contributed by atoms with E-state index in [-0.39, 0.29) is 0 Å². The fourth-order valence-corrected chi connectivity index (χ4v) is 3.65. The Hall–Kier alpha value is -1.06. The van der Waals surface area contributed by atoms with Gasteiger partial charge in [0.05, 0.1) is 6.61 Å². The summed E-state index contributed by atoms with van der Waals surface area (Å²) in [5, 5.41) is 0. The Morgan fingerprint density at radius 1 is 1.35 bits per heavy atom. The molecule has 0 saturated heterocycles. The molecule has 0 heterocycles. The van der Waals surface area contributed by atoms with E-state index in [4.69, 9.17) is 10.5 Å².